The van der Waals surface area contributed by atoms with Crippen molar-refractivity contribution in [1.29, 1.82) is 0 Å². The molecule has 1 saturated heterocycles. The molecule has 2 atom stereocenters. The summed E-state index contributed by atoms with van der Waals surface area (Å²) in [5.41, 5.74) is 6.31. The Hall–Kier alpha value is -1.52. The van der Waals surface area contributed by atoms with Crippen molar-refractivity contribution in [2.24, 2.45) is 18.9 Å². The number of hydrogen-bond donors (Lipinski definition) is 1. The van der Waals surface area contributed by atoms with E-state index >= 15 is 0 Å². The average molecular weight is 222 g/mol. The van der Waals surface area contributed by atoms with Gasteiger partial charge >= 0.3 is 0 Å². The quantitative estimate of drug-likeness (QED) is 0.762. The fourth-order valence-electron chi connectivity index (χ4n) is 2.08. The van der Waals surface area contributed by atoms with Crippen LogP contribution in [0.4, 0.5) is 5.82 Å². The third kappa shape index (κ3) is 1.66. The molecule has 2 unspecified atom stereocenters. The highest BCUT2D eigenvalue weighted by Crippen LogP contribution is 2.24. The maximum atomic E-state index is 12.2. The molecule has 0 radical (unpaired) electrons. The van der Waals surface area contributed by atoms with Crippen LogP contribution in [0.25, 0.3) is 0 Å². The summed E-state index contributed by atoms with van der Waals surface area (Å²) in [6, 6.07) is 0. The van der Waals surface area contributed by atoms with Crippen LogP contribution in [-0.2, 0) is 7.05 Å². The van der Waals surface area contributed by atoms with Crippen LogP contribution in [0.3, 0.4) is 0 Å². The normalized spacial score (nSPS) is 25.1. The van der Waals surface area contributed by atoms with Crippen molar-refractivity contribution in [3.8, 4) is 0 Å². The topological polar surface area (TPSA) is 64.2 Å². The molecule has 0 bridgehead atoms. The highest BCUT2D eigenvalue weighted by molar-refractivity contribution is 5.98. The Morgan fingerprint density at radius 1 is 1.44 bits per heavy atom. The Morgan fingerprint density at radius 3 is 2.44 bits per heavy atom. The molecular weight excluding hydrogens is 204 g/mol. The number of anilines is 1. The number of nitrogens with zero attached hydrogens (tertiary/aromatic N) is 3. The smallest absolute Gasteiger partial charge is 0.259 e. The molecule has 1 aromatic heterocycles. The van der Waals surface area contributed by atoms with Gasteiger partial charge in [0.1, 0.15) is 11.4 Å². The van der Waals surface area contributed by atoms with Gasteiger partial charge in [0.15, 0.2) is 0 Å². The number of nitrogens with two attached hydrogens (primary N) is 1. The van der Waals surface area contributed by atoms with Crippen molar-refractivity contribution >= 4 is 11.7 Å². The predicted octanol–water partition coefficient (Wildman–Crippen LogP) is 0.730. The summed E-state index contributed by atoms with van der Waals surface area (Å²) < 4.78 is 1.52. The van der Waals surface area contributed by atoms with Crippen molar-refractivity contribution in [3.63, 3.8) is 0 Å². The molecule has 1 aliphatic heterocycles. The van der Waals surface area contributed by atoms with Crippen molar-refractivity contribution in [3.05, 3.63) is 11.8 Å². The van der Waals surface area contributed by atoms with Crippen LogP contribution in [-0.4, -0.2) is 33.7 Å². The van der Waals surface area contributed by atoms with Gasteiger partial charge in [-0.05, 0) is 11.8 Å². The number of rotatable bonds is 1. The summed E-state index contributed by atoms with van der Waals surface area (Å²) >= 11 is 0. The maximum absolute atomic E-state index is 12.2. The Balaban J connectivity index is 2.18. The SMILES string of the molecule is CC1CN(C(=O)c2cnn(C)c2N)CC1C. The van der Waals surface area contributed by atoms with Gasteiger partial charge in [0.05, 0.1) is 6.20 Å². The zero-order valence-corrected chi connectivity index (χ0v) is 9.97. The lowest BCUT2D eigenvalue weighted by Crippen LogP contribution is -2.29. The molecule has 0 aliphatic carbocycles. The lowest BCUT2D eigenvalue weighted by Gasteiger charge is -2.15. The summed E-state index contributed by atoms with van der Waals surface area (Å²) in [6.07, 6.45) is 1.55. The van der Waals surface area contributed by atoms with Gasteiger partial charge in [-0.3, -0.25) is 9.48 Å². The van der Waals surface area contributed by atoms with Crippen molar-refractivity contribution < 1.29 is 4.79 Å². The Kier molecular flexibility index (Phi) is 2.61. The molecule has 5 nitrogen and oxygen atoms in total. The van der Waals surface area contributed by atoms with Gasteiger partial charge in [-0.1, -0.05) is 13.8 Å². The van der Waals surface area contributed by atoms with Gasteiger partial charge in [-0.25, -0.2) is 0 Å². The van der Waals surface area contributed by atoms with E-state index in [0.29, 0.717) is 23.2 Å². The van der Waals surface area contributed by atoms with E-state index in [-0.39, 0.29) is 5.91 Å². The Labute approximate surface area is 95.2 Å². The Bertz CT molecular complexity index is 402. The van der Waals surface area contributed by atoms with Crippen LogP contribution in [0.15, 0.2) is 6.20 Å². The van der Waals surface area contributed by atoms with E-state index in [9.17, 15) is 4.79 Å². The second-order valence-corrected chi connectivity index (χ2v) is 4.73. The molecule has 5 heteroatoms. The zero-order chi connectivity index (χ0) is 11.9. The largest absolute Gasteiger partial charge is 0.383 e. The van der Waals surface area contributed by atoms with Crippen LogP contribution >= 0.6 is 0 Å². The molecule has 2 rings (SSSR count). The minimum absolute atomic E-state index is 0.00167. The van der Waals surface area contributed by atoms with E-state index in [2.05, 4.69) is 18.9 Å². The van der Waals surface area contributed by atoms with Crippen LogP contribution in [0.1, 0.15) is 24.2 Å². The number of amides is 1. The third-order valence-electron chi connectivity index (χ3n) is 3.49. The molecule has 0 aromatic carbocycles. The number of carbonyl (C=O) groups excluding carboxylic acids is 1. The number of aryl methyl sites for hydroxylation is 1. The first-order valence-corrected chi connectivity index (χ1v) is 5.57. The van der Waals surface area contributed by atoms with E-state index in [4.69, 9.17) is 5.73 Å². The summed E-state index contributed by atoms with van der Waals surface area (Å²) in [6.45, 7) is 5.97. The first-order valence-electron chi connectivity index (χ1n) is 5.57. The molecule has 1 aliphatic rings. The molecule has 2 heterocycles. The molecule has 0 spiro atoms. The van der Waals surface area contributed by atoms with Crippen molar-refractivity contribution in [1.82, 2.24) is 14.7 Å². The molecule has 1 amide bonds. The second-order valence-electron chi connectivity index (χ2n) is 4.73. The number of nitrogen functional groups attached to an aromatic ring is 1. The van der Waals surface area contributed by atoms with Crippen LogP contribution < -0.4 is 5.73 Å². The van der Waals surface area contributed by atoms with E-state index in [1.165, 1.54) is 4.68 Å². The molecule has 1 fully saturated rings. The minimum Gasteiger partial charge on any atom is -0.383 e. The lowest BCUT2D eigenvalue weighted by molar-refractivity contribution is 0.0786. The molecule has 0 saturated carbocycles. The number of carbonyl (C=O) groups is 1. The molecular formula is C11H18N4O. The summed E-state index contributed by atoms with van der Waals surface area (Å²) in [4.78, 5) is 14.0. The van der Waals surface area contributed by atoms with Gasteiger partial charge in [-0.15, -0.1) is 0 Å². The number of hydrogen-bond acceptors (Lipinski definition) is 3. The van der Waals surface area contributed by atoms with E-state index in [0.717, 1.165) is 13.1 Å². The lowest BCUT2D eigenvalue weighted by atomic mass is 10.0. The highest BCUT2D eigenvalue weighted by Gasteiger charge is 2.31. The van der Waals surface area contributed by atoms with Crippen LogP contribution in [0, 0.1) is 11.8 Å². The molecule has 88 valence electrons. The molecule has 2 N–H and O–H groups in total. The first kappa shape index (κ1) is 11.0. The van der Waals surface area contributed by atoms with Gasteiger partial charge in [0.25, 0.3) is 5.91 Å². The van der Waals surface area contributed by atoms with Gasteiger partial charge in [0.2, 0.25) is 0 Å². The highest BCUT2D eigenvalue weighted by atomic mass is 16.2. The zero-order valence-electron chi connectivity index (χ0n) is 9.97. The predicted molar refractivity (Wildman–Crippen MR) is 61.9 cm³/mol. The maximum Gasteiger partial charge on any atom is 0.259 e. The average Bonchev–Trinajstić information content (AvgIpc) is 2.73. The summed E-state index contributed by atoms with van der Waals surface area (Å²) in [7, 11) is 1.74. The minimum atomic E-state index is 0.00167. The van der Waals surface area contributed by atoms with E-state index in [1.807, 2.05) is 4.90 Å². The first-order chi connectivity index (χ1) is 7.50. The van der Waals surface area contributed by atoms with E-state index < -0.39 is 0 Å². The van der Waals surface area contributed by atoms with E-state index in [1.54, 1.807) is 13.2 Å². The van der Waals surface area contributed by atoms with Crippen LogP contribution in [0.5, 0.6) is 0 Å². The van der Waals surface area contributed by atoms with Gasteiger partial charge < -0.3 is 10.6 Å². The third-order valence-corrected chi connectivity index (χ3v) is 3.49. The molecule has 1 aromatic rings. The van der Waals surface area contributed by atoms with Crippen molar-refractivity contribution in [2.45, 2.75) is 13.8 Å². The van der Waals surface area contributed by atoms with Gasteiger partial charge in [-0.2, -0.15) is 5.10 Å². The monoisotopic (exact) mass is 222 g/mol. The Morgan fingerprint density at radius 2 is 2.00 bits per heavy atom. The fraction of sp³-hybridized carbons (Fsp3) is 0.636. The number of aromatic nitrogens is 2. The van der Waals surface area contributed by atoms with Crippen LogP contribution in [0.2, 0.25) is 0 Å². The summed E-state index contributed by atoms with van der Waals surface area (Å²) in [5, 5.41) is 3.99. The molecule has 16 heavy (non-hydrogen) atoms. The standard InChI is InChI=1S/C11H18N4O/c1-7-5-15(6-8(7)2)11(16)9-4-13-14(3)10(9)12/h4,7-8H,5-6,12H2,1-3H3. The van der Waals surface area contributed by atoms with Crippen molar-refractivity contribution in [2.75, 3.05) is 18.8 Å². The number of likely N-dealkylation sites (tertiary alicyclic amines) is 1. The fourth-order valence-corrected chi connectivity index (χ4v) is 2.08. The second kappa shape index (κ2) is 3.81. The van der Waals surface area contributed by atoms with Gasteiger partial charge in [0, 0.05) is 20.1 Å². The summed E-state index contributed by atoms with van der Waals surface area (Å²) in [5.74, 6) is 1.56.